The molecular weight excluding hydrogens is 668 g/mol. The summed E-state index contributed by atoms with van der Waals surface area (Å²) in [5, 5.41) is 0. The van der Waals surface area contributed by atoms with Crippen molar-refractivity contribution in [2.24, 2.45) is 0 Å². The van der Waals surface area contributed by atoms with Crippen LogP contribution in [0.1, 0.15) is 5.56 Å². The molecule has 2 heteroatoms. The van der Waals surface area contributed by atoms with E-state index in [0.29, 0.717) is 0 Å². The fourth-order valence-electron chi connectivity index (χ4n) is 2.95. The molecule has 128 valence electrons. The van der Waals surface area contributed by atoms with Crippen LogP contribution in [0.2, 0.25) is 0 Å². The second-order valence-electron chi connectivity index (χ2n) is 5.97. The van der Waals surface area contributed by atoms with E-state index in [2.05, 4.69) is 73.7 Å². The van der Waals surface area contributed by atoms with Gasteiger partial charge in [-0.1, -0.05) is 6.92 Å². The predicted octanol–water partition coefficient (Wildman–Crippen LogP) is 6.19. The molecule has 0 amide bonds. The Bertz CT molecular complexity index is 990. The molecule has 0 saturated carbocycles. The number of aryl methyl sites for hydroxylation is 1. The van der Waals surface area contributed by atoms with E-state index in [-0.39, 0.29) is 42.1 Å². The van der Waals surface area contributed by atoms with Gasteiger partial charge in [-0.2, -0.15) is 96.1 Å². The van der Waals surface area contributed by atoms with E-state index in [1.807, 2.05) is 36.4 Å². The molecule has 0 N–H and O–H groups in total. The monoisotopic (exact) mass is 684 g/mol. The van der Waals surface area contributed by atoms with E-state index in [4.69, 9.17) is 0 Å². The molecule has 0 aliphatic heterocycles. The molecule has 27 heavy (non-hydrogen) atoms. The van der Waals surface area contributed by atoms with Crippen molar-refractivity contribution >= 4 is 0 Å². The summed E-state index contributed by atoms with van der Waals surface area (Å²) in [5.74, 6) is 0. The van der Waals surface area contributed by atoms with Gasteiger partial charge >= 0.3 is 42.1 Å². The summed E-state index contributed by atoms with van der Waals surface area (Å²) in [4.78, 5) is 0. The Morgan fingerprint density at radius 3 is 2.15 bits per heavy atom. The minimum atomic E-state index is 0. The van der Waals surface area contributed by atoms with E-state index in [1.54, 1.807) is 0 Å². The van der Waals surface area contributed by atoms with Crippen LogP contribution in [0.4, 0.5) is 0 Å². The third-order valence-electron chi connectivity index (χ3n) is 4.19. The summed E-state index contributed by atoms with van der Waals surface area (Å²) in [5.41, 5.74) is 7.64. The summed E-state index contributed by atoms with van der Waals surface area (Å²) in [6.45, 7) is 2.06. The van der Waals surface area contributed by atoms with Gasteiger partial charge in [-0.15, -0.1) is 23.8 Å². The van der Waals surface area contributed by atoms with E-state index in [9.17, 15) is 0 Å². The number of hydrogen-bond donors (Lipinski definition) is 0. The zero-order valence-electron chi connectivity index (χ0n) is 14.8. The maximum absolute atomic E-state index is 3.40. The standard InChI is InChI=1S/C25H16.2W/c1-19-8-7-11-23(18-19)20-14-16-22(17-15-20)25-13-6-5-12-24(25)21-9-3-2-4-10-21;;/h2-9,11,13-14,16-17H,1H3;;/q-4;2*+2. The Hall–Kier alpha value is -1.74. The molecule has 0 aliphatic rings. The summed E-state index contributed by atoms with van der Waals surface area (Å²) in [6, 6.07) is 40.0. The molecule has 4 aromatic carbocycles. The van der Waals surface area contributed by atoms with Gasteiger partial charge in [-0.05, 0) is 0 Å². The summed E-state index contributed by atoms with van der Waals surface area (Å²) in [7, 11) is 0. The van der Waals surface area contributed by atoms with Crippen LogP contribution in [-0.2, 0) is 42.1 Å². The molecule has 0 bridgehead atoms. The fraction of sp³-hybridized carbons (Fsp3) is 0.0400. The molecule has 0 saturated heterocycles. The van der Waals surface area contributed by atoms with E-state index >= 15 is 0 Å². The molecule has 0 aliphatic carbocycles. The van der Waals surface area contributed by atoms with Crippen molar-refractivity contribution < 1.29 is 42.1 Å². The van der Waals surface area contributed by atoms with Gasteiger partial charge in [-0.3, -0.25) is 0 Å². The molecule has 0 heterocycles. The minimum Gasteiger partial charge on any atom is -0.228 e. The molecule has 0 spiro atoms. The van der Waals surface area contributed by atoms with Crippen LogP contribution in [0.3, 0.4) is 0 Å². The van der Waals surface area contributed by atoms with Crippen LogP contribution < -0.4 is 0 Å². The number of hydrogen-bond acceptors (Lipinski definition) is 0. The van der Waals surface area contributed by atoms with Gasteiger partial charge in [0.25, 0.3) is 0 Å². The molecule has 0 fully saturated rings. The smallest absolute Gasteiger partial charge is 0.228 e. The topological polar surface area (TPSA) is 0 Å². The summed E-state index contributed by atoms with van der Waals surface area (Å²) >= 11 is 0. The largest absolute Gasteiger partial charge is 2.00 e. The normalized spacial score (nSPS) is 9.81. The first-order valence-corrected chi connectivity index (χ1v) is 8.30. The summed E-state index contributed by atoms with van der Waals surface area (Å²) in [6.07, 6.45) is 0. The molecule has 0 unspecified atom stereocenters. The van der Waals surface area contributed by atoms with E-state index < -0.39 is 0 Å². The third kappa shape index (κ3) is 4.95. The fourth-order valence-corrected chi connectivity index (χ4v) is 2.95. The van der Waals surface area contributed by atoms with Crippen molar-refractivity contribution in [1.82, 2.24) is 0 Å². The van der Waals surface area contributed by atoms with Gasteiger partial charge in [0.05, 0.1) is 0 Å². The first-order chi connectivity index (χ1) is 12.3. The second kappa shape index (κ2) is 9.98. The molecule has 0 aromatic heterocycles. The first-order valence-electron chi connectivity index (χ1n) is 8.30. The average molecular weight is 684 g/mol. The van der Waals surface area contributed by atoms with Crippen molar-refractivity contribution in [1.29, 1.82) is 0 Å². The Kier molecular flexibility index (Phi) is 7.97. The van der Waals surface area contributed by atoms with Crippen LogP contribution in [0.25, 0.3) is 33.4 Å². The van der Waals surface area contributed by atoms with E-state index in [0.717, 1.165) is 38.9 Å². The Labute approximate surface area is 190 Å². The van der Waals surface area contributed by atoms with Crippen molar-refractivity contribution in [2.45, 2.75) is 6.92 Å². The summed E-state index contributed by atoms with van der Waals surface area (Å²) < 4.78 is 0. The SMILES string of the molecule is Cc1[c-]c(-c2[c-]cc(-c3ccc[c-]c3-c3[c-]cccc3)cc2)ccc1.[W+2].[W+2]. The van der Waals surface area contributed by atoms with Gasteiger partial charge in [-0.25, -0.2) is 22.3 Å². The molecule has 4 aromatic rings. The maximum atomic E-state index is 3.40. The first kappa shape index (κ1) is 21.6. The van der Waals surface area contributed by atoms with Gasteiger partial charge in [0.2, 0.25) is 0 Å². The Morgan fingerprint density at radius 2 is 1.44 bits per heavy atom. The van der Waals surface area contributed by atoms with Gasteiger partial charge in [0, 0.05) is 0 Å². The van der Waals surface area contributed by atoms with Crippen LogP contribution in [0.5, 0.6) is 0 Å². The number of rotatable bonds is 3. The minimum absolute atomic E-state index is 0. The third-order valence-corrected chi connectivity index (χ3v) is 4.19. The molecule has 0 atom stereocenters. The van der Waals surface area contributed by atoms with Crippen LogP contribution in [-0.4, -0.2) is 0 Å². The molecule has 0 nitrogen and oxygen atoms in total. The molecule has 4 rings (SSSR count). The van der Waals surface area contributed by atoms with Crippen molar-refractivity contribution in [2.75, 3.05) is 0 Å². The predicted molar refractivity (Wildman–Crippen MR) is 103 cm³/mol. The Morgan fingerprint density at radius 1 is 0.630 bits per heavy atom. The molecular formula is C25H16W2. The quantitative estimate of drug-likeness (QED) is 0.226. The maximum Gasteiger partial charge on any atom is 2.00 e. The Balaban J connectivity index is 0.00000131. The number of benzene rings is 4. The van der Waals surface area contributed by atoms with Crippen LogP contribution in [0.15, 0.2) is 78.9 Å². The van der Waals surface area contributed by atoms with Crippen molar-refractivity contribution in [3.63, 3.8) is 0 Å². The van der Waals surface area contributed by atoms with Crippen molar-refractivity contribution in [3.05, 3.63) is 109 Å². The second-order valence-corrected chi connectivity index (χ2v) is 5.97. The van der Waals surface area contributed by atoms with Gasteiger partial charge in [0.15, 0.2) is 0 Å². The average Bonchev–Trinajstić information content (AvgIpc) is 2.69. The zero-order chi connectivity index (χ0) is 17.1. The van der Waals surface area contributed by atoms with Gasteiger partial charge < -0.3 is 0 Å². The van der Waals surface area contributed by atoms with Gasteiger partial charge in [0.1, 0.15) is 0 Å². The zero-order valence-corrected chi connectivity index (χ0v) is 20.7. The van der Waals surface area contributed by atoms with Crippen molar-refractivity contribution in [3.8, 4) is 33.4 Å². The molecule has 0 radical (unpaired) electrons. The van der Waals surface area contributed by atoms with Crippen LogP contribution >= 0.6 is 0 Å². The van der Waals surface area contributed by atoms with Crippen LogP contribution in [0, 0.1) is 31.2 Å². The van der Waals surface area contributed by atoms with E-state index in [1.165, 1.54) is 0 Å².